The summed E-state index contributed by atoms with van der Waals surface area (Å²) in [6.07, 6.45) is 2.54. The maximum Gasteiger partial charge on any atom is 0.161 e. The average molecular weight is 328 g/mol. The summed E-state index contributed by atoms with van der Waals surface area (Å²) in [6, 6.07) is 3.60. The van der Waals surface area contributed by atoms with Crippen molar-refractivity contribution in [3.8, 4) is 11.4 Å². The Bertz CT molecular complexity index is 590. The number of aromatic nitrogens is 2. The quantitative estimate of drug-likeness (QED) is 0.922. The predicted molar refractivity (Wildman–Crippen MR) is 73.9 cm³/mol. The molecule has 0 spiro atoms. The van der Waals surface area contributed by atoms with E-state index in [0.29, 0.717) is 17.2 Å². The number of benzene rings is 1. The largest absolute Gasteiger partial charge is 0.369 e. The molecule has 2 rings (SSSR count). The van der Waals surface area contributed by atoms with Crippen molar-refractivity contribution in [2.24, 2.45) is 0 Å². The van der Waals surface area contributed by atoms with E-state index in [0.717, 1.165) is 29.6 Å². The maximum absolute atomic E-state index is 13.2. The first-order valence-electron chi connectivity index (χ1n) is 5.83. The molecule has 0 atom stereocenters. The molecule has 0 unspecified atom stereocenters. The zero-order valence-corrected chi connectivity index (χ0v) is 11.8. The van der Waals surface area contributed by atoms with Gasteiger partial charge in [-0.3, -0.25) is 0 Å². The van der Waals surface area contributed by atoms with Crippen molar-refractivity contribution < 1.29 is 8.78 Å². The second-order valence-corrected chi connectivity index (χ2v) is 4.80. The highest BCUT2D eigenvalue weighted by atomic mass is 79.9. The van der Waals surface area contributed by atoms with E-state index in [4.69, 9.17) is 0 Å². The van der Waals surface area contributed by atoms with Crippen LogP contribution in [-0.2, 0) is 0 Å². The van der Waals surface area contributed by atoms with E-state index >= 15 is 0 Å². The Kier molecular flexibility index (Phi) is 4.42. The lowest BCUT2D eigenvalue weighted by molar-refractivity contribution is 0.509. The van der Waals surface area contributed by atoms with Crippen LogP contribution < -0.4 is 5.32 Å². The molecule has 1 N–H and O–H groups in total. The Morgan fingerprint density at radius 1 is 1.26 bits per heavy atom. The number of hydrogen-bond acceptors (Lipinski definition) is 3. The van der Waals surface area contributed by atoms with Crippen LogP contribution >= 0.6 is 15.9 Å². The molecule has 0 aliphatic rings. The molecule has 1 aromatic carbocycles. The third-order valence-electron chi connectivity index (χ3n) is 2.46. The predicted octanol–water partition coefficient (Wildman–Crippen LogP) is 4.01. The molecule has 0 saturated carbocycles. The molecule has 1 aromatic heterocycles. The van der Waals surface area contributed by atoms with Crippen LogP contribution in [0.15, 0.2) is 28.9 Å². The fraction of sp³-hybridized carbons (Fsp3) is 0.231. The molecule has 0 fully saturated rings. The van der Waals surface area contributed by atoms with Crippen LogP contribution in [0.2, 0.25) is 0 Å². The zero-order chi connectivity index (χ0) is 13.8. The van der Waals surface area contributed by atoms with Crippen molar-refractivity contribution in [3.63, 3.8) is 0 Å². The van der Waals surface area contributed by atoms with Crippen molar-refractivity contribution in [1.29, 1.82) is 0 Å². The first-order chi connectivity index (χ1) is 9.11. The van der Waals surface area contributed by atoms with Crippen LogP contribution in [0.5, 0.6) is 0 Å². The smallest absolute Gasteiger partial charge is 0.161 e. The van der Waals surface area contributed by atoms with Gasteiger partial charge in [0, 0.05) is 18.3 Å². The van der Waals surface area contributed by atoms with Crippen molar-refractivity contribution in [2.45, 2.75) is 13.3 Å². The second kappa shape index (κ2) is 6.06. The van der Waals surface area contributed by atoms with Crippen molar-refractivity contribution >= 4 is 21.7 Å². The number of hydrogen-bond donors (Lipinski definition) is 1. The second-order valence-electron chi connectivity index (χ2n) is 3.95. The van der Waals surface area contributed by atoms with Gasteiger partial charge in [0.1, 0.15) is 5.82 Å². The number of halogens is 3. The lowest BCUT2D eigenvalue weighted by atomic mass is 10.2. The van der Waals surface area contributed by atoms with Crippen LogP contribution in [0.25, 0.3) is 11.4 Å². The minimum absolute atomic E-state index is 0.348. The normalized spacial score (nSPS) is 10.5. The summed E-state index contributed by atoms with van der Waals surface area (Å²) in [7, 11) is 0. The third-order valence-corrected chi connectivity index (χ3v) is 3.04. The van der Waals surface area contributed by atoms with Gasteiger partial charge in [-0.25, -0.2) is 18.7 Å². The lowest BCUT2D eigenvalue weighted by Crippen LogP contribution is -2.04. The van der Waals surface area contributed by atoms with Gasteiger partial charge in [-0.1, -0.05) is 6.92 Å². The Morgan fingerprint density at radius 2 is 2.05 bits per heavy atom. The summed E-state index contributed by atoms with van der Waals surface area (Å²) in [6.45, 7) is 2.81. The van der Waals surface area contributed by atoms with E-state index in [2.05, 4.69) is 31.2 Å². The number of nitrogens with one attached hydrogen (secondary N) is 1. The molecule has 0 aliphatic heterocycles. The highest BCUT2D eigenvalue weighted by Crippen LogP contribution is 2.24. The van der Waals surface area contributed by atoms with Crippen molar-refractivity contribution in [3.05, 3.63) is 40.5 Å². The van der Waals surface area contributed by atoms with Crippen LogP contribution in [0.1, 0.15) is 13.3 Å². The van der Waals surface area contributed by atoms with Gasteiger partial charge in [-0.2, -0.15) is 0 Å². The van der Waals surface area contributed by atoms with Gasteiger partial charge in [0.25, 0.3) is 0 Å². The molecular formula is C13H12BrF2N3. The number of rotatable bonds is 4. The van der Waals surface area contributed by atoms with Crippen molar-refractivity contribution in [2.75, 3.05) is 11.9 Å². The SMILES string of the molecule is CCCNc1nc(-c2ccc(F)c(F)c2)ncc1Br. The van der Waals surface area contributed by atoms with E-state index in [9.17, 15) is 8.78 Å². The number of nitrogens with zero attached hydrogens (tertiary/aromatic N) is 2. The maximum atomic E-state index is 13.2. The van der Waals surface area contributed by atoms with Crippen molar-refractivity contribution in [1.82, 2.24) is 9.97 Å². The molecule has 3 nitrogen and oxygen atoms in total. The minimum atomic E-state index is -0.910. The first kappa shape index (κ1) is 13.9. The Hall–Kier alpha value is -1.56. The monoisotopic (exact) mass is 327 g/mol. The van der Waals surface area contributed by atoms with Crippen LogP contribution in [0, 0.1) is 11.6 Å². The first-order valence-corrected chi connectivity index (χ1v) is 6.63. The fourth-order valence-electron chi connectivity index (χ4n) is 1.51. The molecule has 2 aromatic rings. The van der Waals surface area contributed by atoms with Gasteiger partial charge in [0.2, 0.25) is 0 Å². The number of anilines is 1. The molecule has 19 heavy (non-hydrogen) atoms. The average Bonchev–Trinajstić information content (AvgIpc) is 2.41. The molecule has 1 heterocycles. The van der Waals surface area contributed by atoms with Gasteiger partial charge in [-0.05, 0) is 40.5 Å². The highest BCUT2D eigenvalue weighted by molar-refractivity contribution is 9.10. The summed E-state index contributed by atoms with van der Waals surface area (Å²) in [5, 5.41) is 3.13. The van der Waals surface area contributed by atoms with Gasteiger partial charge in [0.15, 0.2) is 17.5 Å². The van der Waals surface area contributed by atoms with Gasteiger partial charge in [0.05, 0.1) is 4.47 Å². The molecule has 0 aliphatic carbocycles. The Morgan fingerprint density at radius 3 is 2.74 bits per heavy atom. The third kappa shape index (κ3) is 3.26. The van der Waals surface area contributed by atoms with E-state index in [1.807, 2.05) is 6.92 Å². The Balaban J connectivity index is 2.36. The Labute approximate surface area is 118 Å². The molecule has 0 amide bonds. The zero-order valence-electron chi connectivity index (χ0n) is 10.3. The lowest BCUT2D eigenvalue weighted by Gasteiger charge is -2.08. The highest BCUT2D eigenvalue weighted by Gasteiger charge is 2.09. The summed E-state index contributed by atoms with van der Waals surface area (Å²) in [4.78, 5) is 8.39. The standard InChI is InChI=1S/C13H12BrF2N3/c1-2-5-17-13-9(14)7-18-12(19-13)8-3-4-10(15)11(16)6-8/h3-4,6-7H,2,5H2,1H3,(H,17,18,19). The van der Waals surface area contributed by atoms with E-state index < -0.39 is 11.6 Å². The molecular weight excluding hydrogens is 316 g/mol. The van der Waals surface area contributed by atoms with E-state index in [-0.39, 0.29) is 0 Å². The molecule has 100 valence electrons. The summed E-state index contributed by atoms with van der Waals surface area (Å²) in [5.41, 5.74) is 0.436. The van der Waals surface area contributed by atoms with E-state index in [1.165, 1.54) is 6.07 Å². The topological polar surface area (TPSA) is 37.8 Å². The molecule has 0 saturated heterocycles. The van der Waals surface area contributed by atoms with Crippen LogP contribution in [-0.4, -0.2) is 16.5 Å². The summed E-state index contributed by atoms with van der Waals surface area (Å²) < 4.78 is 26.8. The van der Waals surface area contributed by atoms with Crippen LogP contribution in [0.3, 0.4) is 0 Å². The van der Waals surface area contributed by atoms with E-state index in [1.54, 1.807) is 6.20 Å². The summed E-state index contributed by atoms with van der Waals surface area (Å²) >= 11 is 3.34. The molecule has 0 bridgehead atoms. The molecule has 0 radical (unpaired) electrons. The fourth-order valence-corrected chi connectivity index (χ4v) is 1.84. The van der Waals surface area contributed by atoms with Gasteiger partial charge in [-0.15, -0.1) is 0 Å². The minimum Gasteiger partial charge on any atom is -0.369 e. The van der Waals surface area contributed by atoms with Crippen LogP contribution in [0.4, 0.5) is 14.6 Å². The van der Waals surface area contributed by atoms with Gasteiger partial charge >= 0.3 is 0 Å². The summed E-state index contributed by atoms with van der Waals surface area (Å²) in [5.74, 6) is -0.811. The van der Waals surface area contributed by atoms with Gasteiger partial charge < -0.3 is 5.32 Å². The molecule has 6 heteroatoms.